The van der Waals surface area contributed by atoms with E-state index in [0.29, 0.717) is 12.0 Å². The van der Waals surface area contributed by atoms with Crippen LogP contribution in [0.2, 0.25) is 0 Å². The Morgan fingerprint density at radius 1 is 1.56 bits per heavy atom. The minimum atomic E-state index is 0.477. The molecule has 1 saturated heterocycles. The summed E-state index contributed by atoms with van der Waals surface area (Å²) < 4.78 is 5.27. The van der Waals surface area contributed by atoms with E-state index in [0.717, 1.165) is 26.0 Å². The van der Waals surface area contributed by atoms with Gasteiger partial charge in [0.25, 0.3) is 0 Å². The van der Waals surface area contributed by atoms with Crippen molar-refractivity contribution in [1.29, 1.82) is 0 Å². The highest BCUT2D eigenvalue weighted by Gasteiger charge is 2.23. The smallest absolute Gasteiger partial charge is 0.0704 e. The molecule has 1 heterocycles. The number of hydrogen-bond donors (Lipinski definition) is 0. The van der Waals surface area contributed by atoms with Crippen LogP contribution in [0.5, 0.6) is 0 Å². The third-order valence-corrected chi connectivity index (χ3v) is 3.62. The summed E-state index contributed by atoms with van der Waals surface area (Å²) in [4.78, 5) is 0. The van der Waals surface area contributed by atoms with Crippen LogP contribution >= 0.6 is 0 Å². The highest BCUT2D eigenvalue weighted by Crippen LogP contribution is 2.20. The van der Waals surface area contributed by atoms with Crippen molar-refractivity contribution in [3.63, 3.8) is 0 Å². The van der Waals surface area contributed by atoms with E-state index in [1.165, 1.54) is 18.6 Å². The van der Waals surface area contributed by atoms with Crippen LogP contribution in [-0.4, -0.2) is 37.0 Å². The zero-order valence-electron chi connectivity index (χ0n) is 12.4. The second kappa shape index (κ2) is 8.30. The first-order valence-electron chi connectivity index (χ1n) is 7.17. The van der Waals surface area contributed by atoms with Crippen molar-refractivity contribution in [3.05, 3.63) is 12.2 Å². The van der Waals surface area contributed by atoms with Gasteiger partial charge in [-0.05, 0) is 38.5 Å². The maximum Gasteiger partial charge on any atom is 0.0704 e. The molecule has 0 amide bonds. The highest BCUT2D eigenvalue weighted by atomic mass is 16.5. The van der Waals surface area contributed by atoms with Crippen molar-refractivity contribution in [1.82, 2.24) is 5.01 Å². The van der Waals surface area contributed by atoms with E-state index in [1.807, 2.05) is 0 Å². The Balaban J connectivity index is 2.64. The molecule has 3 nitrogen and oxygen atoms in total. The van der Waals surface area contributed by atoms with Gasteiger partial charge in [-0.1, -0.05) is 26.0 Å². The van der Waals surface area contributed by atoms with E-state index in [1.54, 1.807) is 7.11 Å². The summed E-state index contributed by atoms with van der Waals surface area (Å²) >= 11 is 0. The number of allylic oxidation sites excluding steroid dienone is 2. The van der Waals surface area contributed by atoms with Gasteiger partial charge in [0.2, 0.25) is 0 Å². The molecule has 0 spiro atoms. The molecule has 1 fully saturated rings. The fraction of sp³-hybridized carbons (Fsp3) is 0.800. The monoisotopic (exact) mass is 252 g/mol. The number of hydrogen-bond acceptors (Lipinski definition) is 3. The number of methoxy groups -OCH3 is 1. The van der Waals surface area contributed by atoms with E-state index in [9.17, 15) is 0 Å². The predicted molar refractivity (Wildman–Crippen MR) is 77.9 cm³/mol. The number of ether oxygens (including phenoxy) is 1. The highest BCUT2D eigenvalue weighted by molar-refractivity contribution is 5.86. The van der Waals surface area contributed by atoms with Gasteiger partial charge >= 0.3 is 0 Å². The van der Waals surface area contributed by atoms with Gasteiger partial charge in [-0.15, -0.1) is 0 Å². The molecule has 0 aliphatic carbocycles. The van der Waals surface area contributed by atoms with Crippen LogP contribution in [0.15, 0.2) is 17.3 Å². The number of nitrogens with zero attached hydrogens (tertiary/aromatic N) is 2. The van der Waals surface area contributed by atoms with Gasteiger partial charge in [-0.3, -0.25) is 5.01 Å². The molecule has 1 rings (SSSR count). The molecule has 104 valence electrons. The molecule has 2 atom stereocenters. The largest absolute Gasteiger partial charge is 0.382 e. The number of hydrazone groups is 1. The Morgan fingerprint density at radius 3 is 2.94 bits per heavy atom. The van der Waals surface area contributed by atoms with Crippen molar-refractivity contribution >= 4 is 5.71 Å². The molecule has 0 unspecified atom stereocenters. The summed E-state index contributed by atoms with van der Waals surface area (Å²) in [5.41, 5.74) is 1.32. The molecule has 0 aromatic heterocycles. The Labute approximate surface area is 112 Å². The summed E-state index contributed by atoms with van der Waals surface area (Å²) in [5, 5.41) is 7.13. The zero-order valence-corrected chi connectivity index (χ0v) is 12.4. The third kappa shape index (κ3) is 4.45. The molecule has 1 aliphatic rings. The maximum absolute atomic E-state index is 5.27. The van der Waals surface area contributed by atoms with Crippen LogP contribution in [0.1, 0.15) is 46.5 Å². The Morgan fingerprint density at radius 2 is 2.33 bits per heavy atom. The molecule has 0 saturated carbocycles. The first-order valence-corrected chi connectivity index (χ1v) is 7.17. The molecule has 0 N–H and O–H groups in total. The summed E-state index contributed by atoms with van der Waals surface area (Å²) in [6.07, 6.45) is 8.91. The summed E-state index contributed by atoms with van der Waals surface area (Å²) in [7, 11) is 1.77. The van der Waals surface area contributed by atoms with Crippen LogP contribution < -0.4 is 0 Å². The molecule has 0 radical (unpaired) electrons. The summed E-state index contributed by atoms with van der Waals surface area (Å²) in [6, 6.07) is 0.477. The standard InChI is InChI=1S/C15H28N2O/c1-5-7-9-13(3)15(6-2)16-17-11-8-10-14(17)12-18-4/h5,7,13-14H,6,8-12H2,1-4H3/b7-5+,16-15-/t13-,14-/m0/s1. The van der Waals surface area contributed by atoms with Gasteiger partial charge < -0.3 is 4.74 Å². The lowest BCUT2D eigenvalue weighted by Gasteiger charge is -2.23. The van der Waals surface area contributed by atoms with Crippen molar-refractivity contribution in [2.75, 3.05) is 20.3 Å². The first kappa shape index (κ1) is 15.2. The first-order chi connectivity index (χ1) is 8.72. The van der Waals surface area contributed by atoms with Crippen molar-refractivity contribution in [2.24, 2.45) is 11.0 Å². The molecule has 1 aliphatic heterocycles. The van der Waals surface area contributed by atoms with Gasteiger partial charge in [0.15, 0.2) is 0 Å². The minimum Gasteiger partial charge on any atom is -0.382 e. The minimum absolute atomic E-state index is 0.477. The fourth-order valence-electron chi connectivity index (χ4n) is 2.47. The van der Waals surface area contributed by atoms with E-state index >= 15 is 0 Å². The van der Waals surface area contributed by atoms with E-state index in [2.05, 4.69) is 37.9 Å². The molecule has 0 aromatic carbocycles. The summed E-state index contributed by atoms with van der Waals surface area (Å²) in [5.74, 6) is 0.537. The lowest BCUT2D eigenvalue weighted by molar-refractivity contribution is 0.117. The molecule has 3 heteroatoms. The van der Waals surface area contributed by atoms with Crippen LogP contribution in [0.25, 0.3) is 0 Å². The van der Waals surface area contributed by atoms with E-state index in [-0.39, 0.29) is 0 Å². The van der Waals surface area contributed by atoms with Crippen LogP contribution in [0.4, 0.5) is 0 Å². The molecule has 18 heavy (non-hydrogen) atoms. The molecule has 0 aromatic rings. The van der Waals surface area contributed by atoms with Crippen LogP contribution in [0, 0.1) is 5.92 Å². The van der Waals surface area contributed by atoms with Crippen LogP contribution in [0.3, 0.4) is 0 Å². The maximum atomic E-state index is 5.27. The SMILES string of the molecule is C/C=C/C[C@H](C)/C(CC)=N\N1CCC[C@H]1COC. The van der Waals surface area contributed by atoms with Gasteiger partial charge in [0.1, 0.15) is 0 Å². The summed E-state index contributed by atoms with van der Waals surface area (Å²) in [6.45, 7) is 8.41. The average Bonchev–Trinajstić information content (AvgIpc) is 2.81. The van der Waals surface area contributed by atoms with E-state index in [4.69, 9.17) is 9.84 Å². The Hall–Kier alpha value is -0.830. The third-order valence-electron chi connectivity index (χ3n) is 3.62. The lowest BCUT2D eigenvalue weighted by Crippen LogP contribution is -2.30. The Bertz CT molecular complexity index is 286. The lowest BCUT2D eigenvalue weighted by atomic mass is 10.00. The predicted octanol–water partition coefficient (Wildman–Crippen LogP) is 3.47. The molecular weight excluding hydrogens is 224 g/mol. The second-order valence-electron chi connectivity index (χ2n) is 5.07. The molecule has 0 bridgehead atoms. The van der Waals surface area contributed by atoms with Gasteiger partial charge in [0.05, 0.1) is 12.6 Å². The second-order valence-corrected chi connectivity index (χ2v) is 5.07. The van der Waals surface area contributed by atoms with Gasteiger partial charge in [-0.2, -0.15) is 5.10 Å². The van der Waals surface area contributed by atoms with E-state index < -0.39 is 0 Å². The number of rotatable bonds is 7. The van der Waals surface area contributed by atoms with Gasteiger partial charge in [-0.25, -0.2) is 0 Å². The topological polar surface area (TPSA) is 24.8 Å². The average molecular weight is 252 g/mol. The zero-order chi connectivity index (χ0) is 13.4. The van der Waals surface area contributed by atoms with Crippen molar-refractivity contribution in [3.8, 4) is 0 Å². The van der Waals surface area contributed by atoms with Crippen LogP contribution in [-0.2, 0) is 4.74 Å². The fourth-order valence-corrected chi connectivity index (χ4v) is 2.47. The Kier molecular flexibility index (Phi) is 7.02. The van der Waals surface area contributed by atoms with Crippen molar-refractivity contribution < 1.29 is 4.74 Å². The van der Waals surface area contributed by atoms with Gasteiger partial charge in [0, 0.05) is 19.4 Å². The van der Waals surface area contributed by atoms with Crippen molar-refractivity contribution in [2.45, 2.75) is 52.5 Å². The molecular formula is C15H28N2O. The normalized spacial score (nSPS) is 23.0. The quantitative estimate of drug-likeness (QED) is 0.512.